The molecule has 1 heterocycles. The van der Waals surface area contributed by atoms with Gasteiger partial charge in [0, 0.05) is 23.6 Å². The van der Waals surface area contributed by atoms with Crippen LogP contribution in [0.15, 0.2) is 42.5 Å². The van der Waals surface area contributed by atoms with E-state index in [2.05, 4.69) is 16.9 Å². The van der Waals surface area contributed by atoms with Crippen LogP contribution in [0.4, 0.5) is 5.69 Å². The lowest BCUT2D eigenvalue weighted by Gasteiger charge is -2.14. The first-order valence-electron chi connectivity index (χ1n) is 6.31. The number of ether oxygens (including phenoxy) is 1. The Hall–Kier alpha value is -1.32. The fourth-order valence-electron chi connectivity index (χ4n) is 2.43. The molecule has 0 aliphatic carbocycles. The number of benzene rings is 2. The van der Waals surface area contributed by atoms with Gasteiger partial charge in [-0.05, 0) is 23.8 Å². The normalized spacial score (nSPS) is 13.0. The molecule has 0 unspecified atom stereocenters. The minimum Gasteiger partial charge on any atom is -1.00 e. The third-order valence-electron chi connectivity index (χ3n) is 3.44. The van der Waals surface area contributed by atoms with E-state index in [1.807, 2.05) is 36.4 Å². The fraction of sp³-hybridized carbons (Fsp3) is 0.188. The van der Waals surface area contributed by atoms with Crippen LogP contribution in [0.3, 0.4) is 0 Å². The Bertz CT molecular complexity index is 637. The molecule has 104 valence electrons. The van der Waals surface area contributed by atoms with Crippen LogP contribution in [0.2, 0.25) is 5.02 Å². The SMILES string of the molecule is COc1cccc2c1C=[N+](c1ccc(Cl)cc1)CC2.[Br-]. The smallest absolute Gasteiger partial charge is 0.205 e. The Labute approximate surface area is 134 Å². The van der Waals surface area contributed by atoms with Gasteiger partial charge in [0.2, 0.25) is 5.69 Å². The van der Waals surface area contributed by atoms with Crippen molar-refractivity contribution in [1.82, 2.24) is 0 Å². The summed E-state index contributed by atoms with van der Waals surface area (Å²) in [6.45, 7) is 0.974. The zero-order valence-corrected chi connectivity index (χ0v) is 13.5. The quantitative estimate of drug-likeness (QED) is 0.724. The maximum absolute atomic E-state index is 5.93. The lowest BCUT2D eigenvalue weighted by atomic mass is 10.0. The van der Waals surface area contributed by atoms with Gasteiger partial charge in [0.25, 0.3) is 0 Å². The van der Waals surface area contributed by atoms with Crippen LogP contribution in [0.1, 0.15) is 11.1 Å². The van der Waals surface area contributed by atoms with Gasteiger partial charge in [0.05, 0.1) is 12.7 Å². The summed E-state index contributed by atoms with van der Waals surface area (Å²) in [6, 6.07) is 14.1. The maximum Gasteiger partial charge on any atom is 0.205 e. The van der Waals surface area contributed by atoms with E-state index in [-0.39, 0.29) is 17.0 Å². The first-order chi connectivity index (χ1) is 9.28. The third kappa shape index (κ3) is 2.89. The van der Waals surface area contributed by atoms with Gasteiger partial charge >= 0.3 is 0 Å². The van der Waals surface area contributed by atoms with E-state index in [1.165, 1.54) is 11.1 Å². The van der Waals surface area contributed by atoms with Crippen LogP contribution in [0.5, 0.6) is 5.75 Å². The van der Waals surface area contributed by atoms with Crippen molar-refractivity contribution in [2.24, 2.45) is 0 Å². The lowest BCUT2D eigenvalue weighted by molar-refractivity contribution is -0.436. The molecular weight excluding hydrogens is 338 g/mol. The Morgan fingerprint density at radius 3 is 2.55 bits per heavy atom. The van der Waals surface area contributed by atoms with E-state index in [9.17, 15) is 0 Å². The molecule has 3 rings (SSSR count). The summed E-state index contributed by atoms with van der Waals surface area (Å²) in [7, 11) is 1.71. The van der Waals surface area contributed by atoms with Crippen molar-refractivity contribution in [2.75, 3.05) is 13.7 Å². The monoisotopic (exact) mass is 351 g/mol. The van der Waals surface area contributed by atoms with Crippen LogP contribution < -0.4 is 21.7 Å². The molecule has 0 N–H and O–H groups in total. The molecule has 2 aromatic rings. The molecule has 2 aromatic carbocycles. The molecule has 0 fully saturated rings. The number of halogens is 2. The van der Waals surface area contributed by atoms with Gasteiger partial charge in [-0.2, -0.15) is 4.58 Å². The highest BCUT2D eigenvalue weighted by molar-refractivity contribution is 6.30. The zero-order valence-electron chi connectivity index (χ0n) is 11.1. The summed E-state index contributed by atoms with van der Waals surface area (Å²) in [5.74, 6) is 0.927. The second kappa shape index (κ2) is 6.42. The van der Waals surface area contributed by atoms with Crippen LogP contribution in [0, 0.1) is 0 Å². The Balaban J connectivity index is 0.00000147. The van der Waals surface area contributed by atoms with Crippen LogP contribution in [-0.4, -0.2) is 24.4 Å². The number of fused-ring (bicyclic) bond motifs is 1. The molecule has 20 heavy (non-hydrogen) atoms. The van der Waals surface area contributed by atoms with Gasteiger partial charge in [-0.3, -0.25) is 0 Å². The van der Waals surface area contributed by atoms with Gasteiger partial charge < -0.3 is 21.7 Å². The van der Waals surface area contributed by atoms with Gasteiger partial charge in [0.1, 0.15) is 5.75 Å². The van der Waals surface area contributed by atoms with Crippen molar-refractivity contribution in [3.63, 3.8) is 0 Å². The summed E-state index contributed by atoms with van der Waals surface area (Å²) in [6.07, 6.45) is 3.17. The zero-order chi connectivity index (χ0) is 13.2. The van der Waals surface area contributed by atoms with E-state index in [4.69, 9.17) is 16.3 Å². The van der Waals surface area contributed by atoms with Crippen molar-refractivity contribution in [3.8, 4) is 5.75 Å². The van der Waals surface area contributed by atoms with Crippen LogP contribution >= 0.6 is 11.6 Å². The number of hydrogen-bond donors (Lipinski definition) is 0. The van der Waals surface area contributed by atoms with E-state index in [0.717, 1.165) is 29.4 Å². The predicted octanol–water partition coefficient (Wildman–Crippen LogP) is 0.672. The molecule has 0 amide bonds. The number of nitrogens with zero attached hydrogens (tertiary/aromatic N) is 1. The molecule has 0 saturated heterocycles. The summed E-state index contributed by atoms with van der Waals surface area (Å²) in [5.41, 5.74) is 3.66. The molecule has 0 bridgehead atoms. The molecule has 0 radical (unpaired) electrons. The average molecular weight is 353 g/mol. The molecule has 0 saturated carbocycles. The van der Waals surface area contributed by atoms with Crippen molar-refractivity contribution >= 4 is 23.5 Å². The van der Waals surface area contributed by atoms with Crippen molar-refractivity contribution in [2.45, 2.75) is 6.42 Å². The molecule has 2 nitrogen and oxygen atoms in total. The minimum atomic E-state index is 0. The Kier molecular flexibility index (Phi) is 4.84. The van der Waals surface area contributed by atoms with Gasteiger partial charge in [0.15, 0.2) is 12.8 Å². The highest BCUT2D eigenvalue weighted by Crippen LogP contribution is 2.26. The summed E-state index contributed by atoms with van der Waals surface area (Å²) >= 11 is 5.93. The van der Waals surface area contributed by atoms with Crippen molar-refractivity contribution in [3.05, 3.63) is 58.6 Å². The largest absolute Gasteiger partial charge is 1.00 e. The average Bonchev–Trinajstić information content (AvgIpc) is 2.47. The lowest BCUT2D eigenvalue weighted by Crippen LogP contribution is -3.00. The van der Waals surface area contributed by atoms with E-state index < -0.39 is 0 Å². The Morgan fingerprint density at radius 2 is 1.85 bits per heavy atom. The highest BCUT2D eigenvalue weighted by Gasteiger charge is 2.20. The second-order valence-electron chi connectivity index (χ2n) is 4.58. The fourth-order valence-corrected chi connectivity index (χ4v) is 2.56. The summed E-state index contributed by atoms with van der Waals surface area (Å²) in [4.78, 5) is 0. The predicted molar refractivity (Wildman–Crippen MR) is 78.1 cm³/mol. The first kappa shape index (κ1) is 15.1. The molecular formula is C16H15BrClNO. The van der Waals surface area contributed by atoms with E-state index in [1.54, 1.807) is 7.11 Å². The second-order valence-corrected chi connectivity index (χ2v) is 5.02. The van der Waals surface area contributed by atoms with Gasteiger partial charge in [-0.15, -0.1) is 0 Å². The highest BCUT2D eigenvalue weighted by atomic mass is 79.9. The molecule has 0 spiro atoms. The molecule has 0 aromatic heterocycles. The standard InChI is InChI=1S/C16H15ClNO.BrH/c1-19-16-4-2-3-12-9-10-18(11-15(12)16)14-7-5-13(17)6-8-14;/h2-8,11H,9-10H2,1H3;1H/q+1;/p-1. The molecule has 0 atom stereocenters. The third-order valence-corrected chi connectivity index (χ3v) is 3.69. The van der Waals surface area contributed by atoms with E-state index >= 15 is 0 Å². The van der Waals surface area contributed by atoms with Crippen LogP contribution in [0.25, 0.3) is 0 Å². The maximum atomic E-state index is 5.93. The summed E-state index contributed by atoms with van der Waals surface area (Å²) in [5, 5.41) is 0.763. The van der Waals surface area contributed by atoms with Gasteiger partial charge in [-0.1, -0.05) is 23.7 Å². The number of methoxy groups -OCH3 is 1. The summed E-state index contributed by atoms with van der Waals surface area (Å²) < 4.78 is 7.67. The number of rotatable bonds is 2. The van der Waals surface area contributed by atoms with Crippen molar-refractivity contribution < 1.29 is 26.3 Å². The number of hydrogen-bond acceptors (Lipinski definition) is 1. The van der Waals surface area contributed by atoms with Gasteiger partial charge in [-0.25, -0.2) is 0 Å². The van der Waals surface area contributed by atoms with E-state index in [0.29, 0.717) is 0 Å². The topological polar surface area (TPSA) is 12.2 Å². The minimum absolute atomic E-state index is 0. The molecule has 4 heteroatoms. The molecule has 1 aliphatic heterocycles. The first-order valence-corrected chi connectivity index (χ1v) is 6.68. The van der Waals surface area contributed by atoms with Crippen LogP contribution in [-0.2, 0) is 6.42 Å². The Morgan fingerprint density at radius 1 is 1.10 bits per heavy atom. The molecule has 1 aliphatic rings. The van der Waals surface area contributed by atoms with Crippen molar-refractivity contribution in [1.29, 1.82) is 0 Å².